The maximum atomic E-state index is 10.8. The van der Waals surface area contributed by atoms with Crippen LogP contribution in [0, 0.1) is 0 Å². The van der Waals surface area contributed by atoms with Gasteiger partial charge in [-0.05, 0) is 12.8 Å². The molecule has 1 amide bonds. The molecule has 0 unspecified atom stereocenters. The van der Waals surface area contributed by atoms with E-state index in [2.05, 4.69) is 5.32 Å². The maximum absolute atomic E-state index is 10.8. The topological polar surface area (TPSA) is 64.3 Å². The lowest BCUT2D eigenvalue weighted by Gasteiger charge is -2.25. The zero-order valence-corrected chi connectivity index (χ0v) is 8.72. The smallest absolute Gasteiger partial charge is 0.245 e. The molecule has 0 saturated carbocycles. The molecule has 0 aromatic carbocycles. The standard InChI is InChI=1S/C9H20N2O2/c1-4-9(10,5-2)7-13-6-8(12)11-3/h4-7,10H2,1-3H3,(H,11,12). The Kier molecular flexibility index (Phi) is 5.66. The fourth-order valence-electron chi connectivity index (χ4n) is 0.873. The van der Waals surface area contributed by atoms with Gasteiger partial charge in [0.25, 0.3) is 0 Å². The minimum absolute atomic E-state index is 0.0927. The Labute approximate surface area is 79.8 Å². The van der Waals surface area contributed by atoms with Crippen LogP contribution in [0.4, 0.5) is 0 Å². The highest BCUT2D eigenvalue weighted by Crippen LogP contribution is 2.10. The lowest BCUT2D eigenvalue weighted by atomic mass is 9.96. The van der Waals surface area contributed by atoms with Gasteiger partial charge in [-0.15, -0.1) is 0 Å². The van der Waals surface area contributed by atoms with E-state index in [9.17, 15) is 4.79 Å². The minimum Gasteiger partial charge on any atom is -0.370 e. The number of carbonyl (C=O) groups excluding carboxylic acids is 1. The van der Waals surface area contributed by atoms with Gasteiger partial charge in [0.15, 0.2) is 0 Å². The van der Waals surface area contributed by atoms with E-state index in [1.807, 2.05) is 13.8 Å². The molecule has 0 fully saturated rings. The van der Waals surface area contributed by atoms with Crippen LogP contribution in [-0.2, 0) is 9.53 Å². The van der Waals surface area contributed by atoms with Crippen molar-refractivity contribution < 1.29 is 9.53 Å². The molecule has 0 spiro atoms. The van der Waals surface area contributed by atoms with Crippen molar-refractivity contribution in [1.82, 2.24) is 5.32 Å². The summed E-state index contributed by atoms with van der Waals surface area (Å²) < 4.78 is 5.20. The SMILES string of the molecule is CCC(N)(CC)COCC(=O)NC. The number of carbonyl (C=O) groups is 1. The lowest BCUT2D eigenvalue weighted by Crippen LogP contribution is -2.44. The number of likely N-dealkylation sites (N-methyl/N-ethyl adjacent to an activating group) is 1. The van der Waals surface area contributed by atoms with Crippen LogP contribution < -0.4 is 11.1 Å². The second-order valence-corrected chi connectivity index (χ2v) is 3.24. The molecule has 4 nitrogen and oxygen atoms in total. The van der Waals surface area contributed by atoms with E-state index < -0.39 is 0 Å². The van der Waals surface area contributed by atoms with Crippen LogP contribution in [0.25, 0.3) is 0 Å². The van der Waals surface area contributed by atoms with Gasteiger partial charge < -0.3 is 15.8 Å². The van der Waals surface area contributed by atoms with Gasteiger partial charge in [-0.1, -0.05) is 13.8 Å². The van der Waals surface area contributed by atoms with Crippen LogP contribution in [-0.4, -0.2) is 31.7 Å². The number of hydrogen-bond donors (Lipinski definition) is 2. The quantitative estimate of drug-likeness (QED) is 0.628. The molecule has 13 heavy (non-hydrogen) atoms. The molecule has 0 heterocycles. The molecule has 0 aromatic heterocycles. The van der Waals surface area contributed by atoms with Gasteiger partial charge in [0.1, 0.15) is 6.61 Å². The molecule has 4 heteroatoms. The van der Waals surface area contributed by atoms with Crippen LogP contribution in [0.1, 0.15) is 26.7 Å². The Balaban J connectivity index is 3.67. The van der Waals surface area contributed by atoms with Gasteiger partial charge >= 0.3 is 0 Å². The Hall–Kier alpha value is -0.610. The first-order chi connectivity index (χ1) is 6.08. The molecule has 0 aromatic rings. The van der Waals surface area contributed by atoms with Crippen molar-refractivity contribution in [2.45, 2.75) is 32.2 Å². The molecule has 0 aliphatic heterocycles. The van der Waals surface area contributed by atoms with Crippen molar-refractivity contribution in [3.63, 3.8) is 0 Å². The van der Waals surface area contributed by atoms with Crippen LogP contribution >= 0.6 is 0 Å². The Morgan fingerprint density at radius 2 is 2.00 bits per heavy atom. The molecule has 0 aliphatic carbocycles. The second kappa shape index (κ2) is 5.94. The highest BCUT2D eigenvalue weighted by atomic mass is 16.5. The molecule has 0 saturated heterocycles. The van der Waals surface area contributed by atoms with Crippen molar-refractivity contribution in [1.29, 1.82) is 0 Å². The third-order valence-electron chi connectivity index (χ3n) is 2.31. The van der Waals surface area contributed by atoms with E-state index in [-0.39, 0.29) is 18.1 Å². The maximum Gasteiger partial charge on any atom is 0.245 e. The average Bonchev–Trinajstić information content (AvgIpc) is 2.17. The van der Waals surface area contributed by atoms with Crippen LogP contribution in [0.15, 0.2) is 0 Å². The summed E-state index contributed by atoms with van der Waals surface area (Å²) in [7, 11) is 1.58. The van der Waals surface area contributed by atoms with Gasteiger partial charge in [-0.3, -0.25) is 4.79 Å². The predicted molar refractivity (Wildman–Crippen MR) is 52.4 cm³/mol. The molecule has 3 N–H and O–H groups in total. The van der Waals surface area contributed by atoms with Gasteiger partial charge in [-0.2, -0.15) is 0 Å². The first-order valence-electron chi connectivity index (χ1n) is 4.65. The highest BCUT2D eigenvalue weighted by molar-refractivity contribution is 5.76. The van der Waals surface area contributed by atoms with Crippen molar-refractivity contribution >= 4 is 5.91 Å². The summed E-state index contributed by atoms with van der Waals surface area (Å²) in [6.07, 6.45) is 1.72. The van der Waals surface area contributed by atoms with Crippen LogP contribution in [0.2, 0.25) is 0 Å². The summed E-state index contributed by atoms with van der Waals surface area (Å²) in [5.74, 6) is -0.116. The summed E-state index contributed by atoms with van der Waals surface area (Å²) in [6, 6.07) is 0. The first-order valence-corrected chi connectivity index (χ1v) is 4.65. The normalized spacial score (nSPS) is 11.4. The first kappa shape index (κ1) is 12.4. The number of ether oxygens (including phenoxy) is 1. The monoisotopic (exact) mass is 188 g/mol. The van der Waals surface area contributed by atoms with E-state index >= 15 is 0 Å². The largest absolute Gasteiger partial charge is 0.370 e. The van der Waals surface area contributed by atoms with Crippen molar-refractivity contribution in [3.05, 3.63) is 0 Å². The molecule has 78 valence electrons. The van der Waals surface area contributed by atoms with E-state index in [1.165, 1.54) is 0 Å². The van der Waals surface area contributed by atoms with Crippen LogP contribution in [0.3, 0.4) is 0 Å². The average molecular weight is 188 g/mol. The Bertz CT molecular complexity index is 156. The number of amides is 1. The summed E-state index contributed by atoms with van der Waals surface area (Å²) >= 11 is 0. The van der Waals surface area contributed by atoms with E-state index in [4.69, 9.17) is 10.5 Å². The molecule has 0 aliphatic rings. The van der Waals surface area contributed by atoms with Crippen molar-refractivity contribution in [2.75, 3.05) is 20.3 Å². The third-order valence-corrected chi connectivity index (χ3v) is 2.31. The Morgan fingerprint density at radius 1 is 1.46 bits per heavy atom. The molecule has 0 atom stereocenters. The van der Waals surface area contributed by atoms with Gasteiger partial charge in [0.05, 0.1) is 6.61 Å². The zero-order chi connectivity index (χ0) is 10.3. The van der Waals surface area contributed by atoms with Gasteiger partial charge in [0, 0.05) is 12.6 Å². The van der Waals surface area contributed by atoms with Gasteiger partial charge in [0.2, 0.25) is 5.91 Å². The molecule has 0 radical (unpaired) electrons. The summed E-state index contributed by atoms with van der Waals surface area (Å²) in [5.41, 5.74) is 5.68. The van der Waals surface area contributed by atoms with E-state index in [0.717, 1.165) is 12.8 Å². The second-order valence-electron chi connectivity index (χ2n) is 3.24. The predicted octanol–water partition coefficient (Wildman–Crippen LogP) is 0.267. The Morgan fingerprint density at radius 3 is 2.38 bits per heavy atom. The highest BCUT2D eigenvalue weighted by Gasteiger charge is 2.20. The molecular formula is C9H20N2O2. The summed E-state index contributed by atoms with van der Waals surface area (Å²) in [6.45, 7) is 4.57. The van der Waals surface area contributed by atoms with Gasteiger partial charge in [-0.25, -0.2) is 0 Å². The van der Waals surface area contributed by atoms with Crippen molar-refractivity contribution in [2.24, 2.45) is 5.73 Å². The van der Waals surface area contributed by atoms with Crippen LogP contribution in [0.5, 0.6) is 0 Å². The zero-order valence-electron chi connectivity index (χ0n) is 8.72. The molecule has 0 bridgehead atoms. The van der Waals surface area contributed by atoms with E-state index in [0.29, 0.717) is 6.61 Å². The fourth-order valence-corrected chi connectivity index (χ4v) is 0.873. The van der Waals surface area contributed by atoms with Crippen molar-refractivity contribution in [3.8, 4) is 0 Å². The third kappa shape index (κ3) is 4.85. The molecule has 0 rings (SSSR count). The minimum atomic E-state index is -0.284. The number of rotatable bonds is 6. The lowest BCUT2D eigenvalue weighted by molar-refractivity contribution is -0.125. The fraction of sp³-hybridized carbons (Fsp3) is 0.889. The number of nitrogens with one attached hydrogen (secondary N) is 1. The van der Waals surface area contributed by atoms with E-state index in [1.54, 1.807) is 7.05 Å². The summed E-state index contributed by atoms with van der Waals surface area (Å²) in [4.78, 5) is 10.8. The number of hydrogen-bond acceptors (Lipinski definition) is 3. The number of nitrogens with two attached hydrogens (primary N) is 1. The molecular weight excluding hydrogens is 168 g/mol. The summed E-state index contributed by atoms with van der Waals surface area (Å²) in [5, 5.41) is 2.48.